The minimum absolute atomic E-state index is 0.160. The molecule has 96 valence electrons. The van der Waals surface area contributed by atoms with Crippen LogP contribution in [0.1, 0.15) is 15.9 Å². The fraction of sp³-hybridized carbons (Fsp3) is 0.133. The van der Waals surface area contributed by atoms with Gasteiger partial charge in [0, 0.05) is 11.3 Å². The van der Waals surface area contributed by atoms with E-state index in [-0.39, 0.29) is 12.7 Å². The first kappa shape index (κ1) is 11.6. The number of fused-ring (bicyclic) bond motifs is 1. The SMILES string of the molecule is Cc1ccccc1NC(=O)c1ccc2c(c1)OCO2. The number of hydrogen-bond donors (Lipinski definition) is 1. The van der Waals surface area contributed by atoms with E-state index in [0.29, 0.717) is 17.1 Å². The topological polar surface area (TPSA) is 47.6 Å². The van der Waals surface area contributed by atoms with Crippen LogP contribution in [-0.4, -0.2) is 12.7 Å². The maximum atomic E-state index is 12.2. The van der Waals surface area contributed by atoms with Crippen LogP contribution < -0.4 is 14.8 Å². The lowest BCUT2D eigenvalue weighted by Gasteiger charge is -2.08. The molecule has 2 aromatic rings. The van der Waals surface area contributed by atoms with Gasteiger partial charge < -0.3 is 14.8 Å². The van der Waals surface area contributed by atoms with Gasteiger partial charge in [-0.3, -0.25) is 4.79 Å². The summed E-state index contributed by atoms with van der Waals surface area (Å²) in [6, 6.07) is 12.8. The van der Waals surface area contributed by atoms with Crippen LogP contribution in [0, 0.1) is 6.92 Å². The van der Waals surface area contributed by atoms with E-state index in [2.05, 4.69) is 5.32 Å². The third kappa shape index (κ3) is 2.25. The van der Waals surface area contributed by atoms with E-state index in [1.165, 1.54) is 0 Å². The molecular formula is C15H13NO3. The zero-order valence-corrected chi connectivity index (χ0v) is 10.5. The first-order valence-electron chi connectivity index (χ1n) is 6.01. The molecule has 1 aliphatic heterocycles. The smallest absolute Gasteiger partial charge is 0.255 e. The van der Waals surface area contributed by atoms with Crippen LogP contribution in [-0.2, 0) is 0 Å². The zero-order chi connectivity index (χ0) is 13.2. The molecule has 0 fully saturated rings. The summed E-state index contributed by atoms with van der Waals surface area (Å²) in [5.74, 6) is 1.12. The highest BCUT2D eigenvalue weighted by atomic mass is 16.7. The Balaban J connectivity index is 1.83. The number of benzene rings is 2. The number of nitrogens with one attached hydrogen (secondary N) is 1. The van der Waals surface area contributed by atoms with Crippen molar-refractivity contribution < 1.29 is 14.3 Å². The molecule has 4 nitrogen and oxygen atoms in total. The van der Waals surface area contributed by atoms with Gasteiger partial charge in [0.1, 0.15) is 0 Å². The molecule has 0 radical (unpaired) electrons. The van der Waals surface area contributed by atoms with E-state index >= 15 is 0 Å². The van der Waals surface area contributed by atoms with Gasteiger partial charge in [-0.1, -0.05) is 18.2 Å². The molecule has 0 atom stereocenters. The monoisotopic (exact) mass is 255 g/mol. The quantitative estimate of drug-likeness (QED) is 0.897. The largest absolute Gasteiger partial charge is 0.454 e. The number of para-hydroxylation sites is 1. The Morgan fingerprint density at radius 1 is 1.11 bits per heavy atom. The van der Waals surface area contributed by atoms with Crippen molar-refractivity contribution in [2.24, 2.45) is 0 Å². The number of amides is 1. The molecule has 0 saturated heterocycles. The van der Waals surface area contributed by atoms with Crippen LogP contribution in [0.25, 0.3) is 0 Å². The molecule has 0 aromatic heterocycles. The van der Waals surface area contributed by atoms with Crippen molar-refractivity contribution in [2.45, 2.75) is 6.92 Å². The van der Waals surface area contributed by atoms with Crippen molar-refractivity contribution in [3.63, 3.8) is 0 Å². The van der Waals surface area contributed by atoms with Crippen molar-refractivity contribution in [1.82, 2.24) is 0 Å². The van der Waals surface area contributed by atoms with Gasteiger partial charge in [-0.2, -0.15) is 0 Å². The Labute approximate surface area is 111 Å². The standard InChI is InChI=1S/C15H13NO3/c1-10-4-2-3-5-12(10)16-15(17)11-6-7-13-14(8-11)19-9-18-13/h2-8H,9H2,1H3,(H,16,17). The average Bonchev–Trinajstić information content (AvgIpc) is 2.88. The Hall–Kier alpha value is -2.49. The zero-order valence-electron chi connectivity index (χ0n) is 10.5. The molecule has 1 heterocycles. The predicted octanol–water partition coefficient (Wildman–Crippen LogP) is 2.98. The molecule has 0 aliphatic carbocycles. The van der Waals surface area contributed by atoms with Gasteiger partial charge in [0.25, 0.3) is 5.91 Å². The van der Waals surface area contributed by atoms with Gasteiger partial charge in [-0.15, -0.1) is 0 Å². The number of aryl methyl sites for hydroxylation is 1. The first-order valence-corrected chi connectivity index (χ1v) is 6.01. The van der Waals surface area contributed by atoms with Crippen molar-refractivity contribution in [1.29, 1.82) is 0 Å². The molecule has 0 bridgehead atoms. The second-order valence-electron chi connectivity index (χ2n) is 4.34. The lowest BCUT2D eigenvalue weighted by atomic mass is 10.1. The fourth-order valence-electron chi connectivity index (χ4n) is 1.95. The number of anilines is 1. The van der Waals surface area contributed by atoms with Gasteiger partial charge in [-0.25, -0.2) is 0 Å². The molecule has 19 heavy (non-hydrogen) atoms. The molecule has 2 aromatic carbocycles. The highest BCUT2D eigenvalue weighted by Crippen LogP contribution is 2.32. The summed E-state index contributed by atoms with van der Waals surface area (Å²) in [5, 5.41) is 2.88. The third-order valence-corrected chi connectivity index (χ3v) is 3.03. The summed E-state index contributed by atoms with van der Waals surface area (Å²) < 4.78 is 10.5. The average molecular weight is 255 g/mol. The first-order chi connectivity index (χ1) is 9.24. The van der Waals surface area contributed by atoms with Gasteiger partial charge in [0.15, 0.2) is 11.5 Å². The second-order valence-corrected chi connectivity index (χ2v) is 4.34. The van der Waals surface area contributed by atoms with Crippen LogP contribution in [0.2, 0.25) is 0 Å². The summed E-state index contributed by atoms with van der Waals surface area (Å²) in [6.07, 6.45) is 0. The Kier molecular flexibility index (Phi) is 2.83. The van der Waals surface area contributed by atoms with Crippen LogP contribution >= 0.6 is 0 Å². The predicted molar refractivity (Wildman–Crippen MR) is 71.7 cm³/mol. The second kappa shape index (κ2) is 4.65. The lowest BCUT2D eigenvalue weighted by molar-refractivity contribution is 0.102. The fourth-order valence-corrected chi connectivity index (χ4v) is 1.95. The van der Waals surface area contributed by atoms with Gasteiger partial charge >= 0.3 is 0 Å². The summed E-state index contributed by atoms with van der Waals surface area (Å²) in [7, 11) is 0. The molecule has 0 unspecified atom stereocenters. The van der Waals surface area contributed by atoms with Crippen LogP contribution in [0.3, 0.4) is 0 Å². The van der Waals surface area contributed by atoms with Crippen LogP contribution in [0.4, 0.5) is 5.69 Å². The summed E-state index contributed by atoms with van der Waals surface area (Å²) >= 11 is 0. The molecule has 1 aliphatic rings. The minimum Gasteiger partial charge on any atom is -0.454 e. The van der Waals surface area contributed by atoms with Gasteiger partial charge in [0.05, 0.1) is 0 Å². The minimum atomic E-state index is -0.160. The van der Waals surface area contributed by atoms with E-state index in [9.17, 15) is 4.79 Å². The van der Waals surface area contributed by atoms with E-state index in [0.717, 1.165) is 11.3 Å². The van der Waals surface area contributed by atoms with Gasteiger partial charge in [0.2, 0.25) is 6.79 Å². The summed E-state index contributed by atoms with van der Waals surface area (Å²) in [6.45, 7) is 2.16. The summed E-state index contributed by atoms with van der Waals surface area (Å²) in [4.78, 5) is 12.2. The number of carbonyl (C=O) groups excluding carboxylic acids is 1. The highest BCUT2D eigenvalue weighted by molar-refractivity contribution is 6.05. The van der Waals surface area contributed by atoms with Crippen LogP contribution in [0.15, 0.2) is 42.5 Å². The number of rotatable bonds is 2. The molecule has 1 amide bonds. The van der Waals surface area contributed by atoms with Crippen molar-refractivity contribution >= 4 is 11.6 Å². The normalized spacial score (nSPS) is 12.3. The number of hydrogen-bond acceptors (Lipinski definition) is 3. The van der Waals surface area contributed by atoms with E-state index in [1.807, 2.05) is 31.2 Å². The highest BCUT2D eigenvalue weighted by Gasteiger charge is 2.16. The number of ether oxygens (including phenoxy) is 2. The van der Waals surface area contributed by atoms with Gasteiger partial charge in [-0.05, 0) is 36.8 Å². The Bertz CT molecular complexity index is 637. The Morgan fingerprint density at radius 3 is 2.74 bits per heavy atom. The van der Waals surface area contributed by atoms with Crippen LogP contribution in [0.5, 0.6) is 11.5 Å². The van der Waals surface area contributed by atoms with E-state index in [1.54, 1.807) is 18.2 Å². The molecule has 1 N–H and O–H groups in total. The maximum Gasteiger partial charge on any atom is 0.255 e. The molecule has 0 saturated carbocycles. The van der Waals surface area contributed by atoms with Crippen molar-refractivity contribution in [3.8, 4) is 11.5 Å². The Morgan fingerprint density at radius 2 is 1.89 bits per heavy atom. The summed E-state index contributed by atoms with van der Waals surface area (Å²) in [5.41, 5.74) is 2.38. The van der Waals surface area contributed by atoms with Crippen molar-refractivity contribution in [3.05, 3.63) is 53.6 Å². The molecular weight excluding hydrogens is 242 g/mol. The lowest BCUT2D eigenvalue weighted by Crippen LogP contribution is -2.12. The number of carbonyl (C=O) groups is 1. The van der Waals surface area contributed by atoms with E-state index < -0.39 is 0 Å². The van der Waals surface area contributed by atoms with Crippen molar-refractivity contribution in [2.75, 3.05) is 12.1 Å². The molecule has 0 spiro atoms. The third-order valence-electron chi connectivity index (χ3n) is 3.03. The molecule has 3 rings (SSSR count). The molecule has 4 heteroatoms. The van der Waals surface area contributed by atoms with E-state index in [4.69, 9.17) is 9.47 Å². The maximum absolute atomic E-state index is 12.2.